The molecule has 0 unspecified atom stereocenters. The summed E-state index contributed by atoms with van der Waals surface area (Å²) in [5.41, 5.74) is 1.12. The molecule has 0 radical (unpaired) electrons. The highest BCUT2D eigenvalue weighted by Gasteiger charge is 2.15. The molecule has 0 heterocycles. The highest BCUT2D eigenvalue weighted by molar-refractivity contribution is 5.96. The van der Waals surface area contributed by atoms with Gasteiger partial charge in [0.1, 0.15) is 0 Å². The second kappa shape index (κ2) is 6.14. The summed E-state index contributed by atoms with van der Waals surface area (Å²) < 4.78 is 0. The van der Waals surface area contributed by atoms with Crippen molar-refractivity contribution in [3.63, 3.8) is 0 Å². The number of rotatable bonds is 5. The number of carbonyl (C=O) groups is 1. The minimum Gasteiger partial charge on any atom is -0.349 e. The fraction of sp³-hybridized carbons (Fsp3) is 0.462. The summed E-state index contributed by atoms with van der Waals surface area (Å²) in [4.78, 5) is 22.1. The van der Waals surface area contributed by atoms with E-state index in [9.17, 15) is 14.9 Å². The molecule has 1 amide bonds. The molecule has 0 saturated heterocycles. The Bertz CT molecular complexity index is 454. The number of benzene rings is 1. The van der Waals surface area contributed by atoms with Gasteiger partial charge in [0.15, 0.2) is 0 Å². The number of non-ortho nitro benzene ring substituents is 1. The minimum absolute atomic E-state index is 0.00610. The molecule has 1 rings (SSSR count). The second-order valence-corrected chi connectivity index (χ2v) is 4.24. The maximum absolute atomic E-state index is 12.0. The number of amides is 1. The van der Waals surface area contributed by atoms with Crippen molar-refractivity contribution >= 4 is 11.6 Å². The Labute approximate surface area is 106 Å². The standard InChI is InChI=1S/C13H18N2O3/c1-4-10(5-2)14-13(16)12-7-6-11(15(17)18)8-9(12)3/h6-8,10H,4-5H2,1-3H3,(H,14,16). The summed E-state index contributed by atoms with van der Waals surface area (Å²) in [7, 11) is 0. The molecule has 1 aromatic carbocycles. The largest absolute Gasteiger partial charge is 0.349 e. The molecule has 0 spiro atoms. The molecule has 5 heteroatoms. The lowest BCUT2D eigenvalue weighted by atomic mass is 10.1. The Morgan fingerprint density at radius 3 is 2.44 bits per heavy atom. The summed E-state index contributed by atoms with van der Waals surface area (Å²) in [6.07, 6.45) is 1.74. The number of nitrogens with one attached hydrogen (secondary N) is 1. The third-order valence-electron chi connectivity index (χ3n) is 2.99. The first kappa shape index (κ1) is 14.2. The van der Waals surface area contributed by atoms with Gasteiger partial charge in [0, 0.05) is 23.7 Å². The van der Waals surface area contributed by atoms with Crippen LogP contribution < -0.4 is 5.32 Å². The average molecular weight is 250 g/mol. The highest BCUT2D eigenvalue weighted by atomic mass is 16.6. The van der Waals surface area contributed by atoms with E-state index in [1.165, 1.54) is 18.2 Å². The van der Waals surface area contributed by atoms with Gasteiger partial charge in [-0.2, -0.15) is 0 Å². The molecule has 0 fully saturated rings. The van der Waals surface area contributed by atoms with Crippen LogP contribution in [0.3, 0.4) is 0 Å². The zero-order chi connectivity index (χ0) is 13.7. The summed E-state index contributed by atoms with van der Waals surface area (Å²) in [5, 5.41) is 13.5. The Morgan fingerprint density at radius 1 is 1.39 bits per heavy atom. The van der Waals surface area contributed by atoms with Crippen LogP contribution in [-0.2, 0) is 0 Å². The van der Waals surface area contributed by atoms with Crippen LogP contribution in [0, 0.1) is 17.0 Å². The van der Waals surface area contributed by atoms with Crippen molar-refractivity contribution in [2.24, 2.45) is 0 Å². The predicted octanol–water partition coefficient (Wildman–Crippen LogP) is 2.82. The van der Waals surface area contributed by atoms with Crippen molar-refractivity contribution in [1.29, 1.82) is 0 Å². The number of hydrogen-bond acceptors (Lipinski definition) is 3. The Kier molecular flexibility index (Phi) is 4.83. The van der Waals surface area contributed by atoms with Gasteiger partial charge in [-0.1, -0.05) is 13.8 Å². The Morgan fingerprint density at radius 2 is 2.00 bits per heavy atom. The average Bonchev–Trinajstić information content (AvgIpc) is 2.35. The third-order valence-corrected chi connectivity index (χ3v) is 2.99. The molecular formula is C13H18N2O3. The first-order valence-electron chi connectivity index (χ1n) is 6.05. The predicted molar refractivity (Wildman–Crippen MR) is 69.7 cm³/mol. The normalized spacial score (nSPS) is 10.4. The summed E-state index contributed by atoms with van der Waals surface area (Å²) >= 11 is 0. The third kappa shape index (κ3) is 3.29. The lowest BCUT2D eigenvalue weighted by molar-refractivity contribution is -0.384. The molecule has 0 aliphatic rings. The van der Waals surface area contributed by atoms with Gasteiger partial charge in [-0.3, -0.25) is 14.9 Å². The number of carbonyl (C=O) groups excluding carboxylic acids is 1. The van der Waals surface area contributed by atoms with Crippen molar-refractivity contribution in [1.82, 2.24) is 5.32 Å². The van der Waals surface area contributed by atoms with Crippen LogP contribution in [0.15, 0.2) is 18.2 Å². The molecule has 0 atom stereocenters. The van der Waals surface area contributed by atoms with E-state index in [1.54, 1.807) is 6.92 Å². The van der Waals surface area contributed by atoms with Gasteiger partial charge >= 0.3 is 0 Å². The van der Waals surface area contributed by atoms with E-state index in [0.717, 1.165) is 12.8 Å². The van der Waals surface area contributed by atoms with E-state index >= 15 is 0 Å². The maximum Gasteiger partial charge on any atom is 0.269 e. The monoisotopic (exact) mass is 250 g/mol. The van der Waals surface area contributed by atoms with Crippen LogP contribution >= 0.6 is 0 Å². The highest BCUT2D eigenvalue weighted by Crippen LogP contribution is 2.17. The van der Waals surface area contributed by atoms with E-state index < -0.39 is 4.92 Å². The van der Waals surface area contributed by atoms with Crippen molar-refractivity contribution in [3.8, 4) is 0 Å². The smallest absolute Gasteiger partial charge is 0.269 e. The molecule has 1 aromatic rings. The van der Waals surface area contributed by atoms with E-state index in [4.69, 9.17) is 0 Å². The van der Waals surface area contributed by atoms with Crippen molar-refractivity contribution in [3.05, 3.63) is 39.4 Å². The molecule has 5 nitrogen and oxygen atoms in total. The van der Waals surface area contributed by atoms with E-state index in [1.807, 2.05) is 13.8 Å². The van der Waals surface area contributed by atoms with Gasteiger partial charge in [0.25, 0.3) is 11.6 Å². The van der Waals surface area contributed by atoms with Crippen molar-refractivity contribution in [2.45, 2.75) is 39.7 Å². The van der Waals surface area contributed by atoms with Gasteiger partial charge in [0.05, 0.1) is 4.92 Å². The zero-order valence-corrected chi connectivity index (χ0v) is 10.9. The molecule has 1 N–H and O–H groups in total. The van der Waals surface area contributed by atoms with Gasteiger partial charge < -0.3 is 5.32 Å². The number of aryl methyl sites for hydroxylation is 1. The van der Waals surface area contributed by atoms with Crippen LogP contribution in [0.4, 0.5) is 5.69 Å². The molecule has 0 saturated carbocycles. The molecule has 18 heavy (non-hydrogen) atoms. The Hall–Kier alpha value is -1.91. The van der Waals surface area contributed by atoms with E-state index in [2.05, 4.69) is 5.32 Å². The van der Waals surface area contributed by atoms with Gasteiger partial charge in [-0.25, -0.2) is 0 Å². The van der Waals surface area contributed by atoms with Gasteiger partial charge in [0.2, 0.25) is 0 Å². The fourth-order valence-corrected chi connectivity index (χ4v) is 1.77. The Balaban J connectivity index is 2.90. The lowest BCUT2D eigenvalue weighted by Crippen LogP contribution is -2.34. The van der Waals surface area contributed by atoms with Crippen molar-refractivity contribution in [2.75, 3.05) is 0 Å². The SMILES string of the molecule is CCC(CC)NC(=O)c1ccc([N+](=O)[O-])cc1C. The van der Waals surface area contributed by atoms with Gasteiger partial charge in [-0.15, -0.1) is 0 Å². The number of nitro groups is 1. The maximum atomic E-state index is 12.0. The summed E-state index contributed by atoms with van der Waals surface area (Å²) in [5.74, 6) is -0.170. The summed E-state index contributed by atoms with van der Waals surface area (Å²) in [6.45, 7) is 5.73. The van der Waals surface area contributed by atoms with Crippen LogP contribution in [0.2, 0.25) is 0 Å². The molecule has 0 aromatic heterocycles. The molecule has 0 aliphatic carbocycles. The number of hydrogen-bond donors (Lipinski definition) is 1. The van der Waals surface area contributed by atoms with Crippen LogP contribution in [0.1, 0.15) is 42.6 Å². The molecular weight excluding hydrogens is 232 g/mol. The van der Waals surface area contributed by atoms with Crippen LogP contribution in [0.25, 0.3) is 0 Å². The summed E-state index contributed by atoms with van der Waals surface area (Å²) in [6, 6.07) is 4.43. The van der Waals surface area contributed by atoms with Crippen molar-refractivity contribution < 1.29 is 9.72 Å². The first-order valence-corrected chi connectivity index (χ1v) is 6.05. The number of nitro benzene ring substituents is 1. The zero-order valence-electron chi connectivity index (χ0n) is 10.9. The van der Waals surface area contributed by atoms with E-state index in [-0.39, 0.29) is 17.6 Å². The lowest BCUT2D eigenvalue weighted by Gasteiger charge is -2.15. The second-order valence-electron chi connectivity index (χ2n) is 4.24. The topological polar surface area (TPSA) is 72.2 Å². The van der Waals surface area contributed by atoms with E-state index in [0.29, 0.717) is 11.1 Å². The number of nitrogens with zero attached hydrogens (tertiary/aromatic N) is 1. The first-order chi connectivity index (χ1) is 8.49. The molecule has 98 valence electrons. The van der Waals surface area contributed by atoms with Crippen LogP contribution in [-0.4, -0.2) is 16.9 Å². The van der Waals surface area contributed by atoms with Gasteiger partial charge in [-0.05, 0) is 31.4 Å². The molecule has 0 bridgehead atoms. The van der Waals surface area contributed by atoms with Crippen LogP contribution in [0.5, 0.6) is 0 Å². The molecule has 0 aliphatic heterocycles. The minimum atomic E-state index is -0.463. The fourth-order valence-electron chi connectivity index (χ4n) is 1.77. The quantitative estimate of drug-likeness (QED) is 0.645.